The van der Waals surface area contributed by atoms with Crippen LogP contribution in [0.3, 0.4) is 0 Å². The van der Waals surface area contributed by atoms with Gasteiger partial charge in [-0.15, -0.1) is 0 Å². The fourth-order valence-electron chi connectivity index (χ4n) is 1.50. The van der Waals surface area contributed by atoms with Crippen LogP contribution in [0.1, 0.15) is 10.4 Å². The molecule has 0 aliphatic carbocycles. The highest BCUT2D eigenvalue weighted by Gasteiger charge is 2.12. The van der Waals surface area contributed by atoms with Crippen molar-refractivity contribution in [1.29, 1.82) is 0 Å². The van der Waals surface area contributed by atoms with Gasteiger partial charge < -0.3 is 10.2 Å². The molecule has 19 heavy (non-hydrogen) atoms. The maximum Gasteiger partial charge on any atom is 0.348 e. The van der Waals surface area contributed by atoms with E-state index < -0.39 is 8.03 Å². The summed E-state index contributed by atoms with van der Waals surface area (Å²) in [6.07, 6.45) is 0. The van der Waals surface area contributed by atoms with E-state index in [4.69, 9.17) is 11.6 Å². The molecule has 2 aromatic rings. The van der Waals surface area contributed by atoms with Gasteiger partial charge in [0.15, 0.2) is 5.30 Å². The van der Waals surface area contributed by atoms with E-state index in [2.05, 4.69) is 5.32 Å². The molecule has 96 valence electrons. The average Bonchev–Trinajstić information content (AvgIpc) is 2.41. The van der Waals surface area contributed by atoms with Crippen LogP contribution in [0, 0.1) is 0 Å². The third-order valence-electron chi connectivity index (χ3n) is 2.42. The third-order valence-corrected chi connectivity index (χ3v) is 3.37. The van der Waals surface area contributed by atoms with Gasteiger partial charge in [0.25, 0.3) is 5.91 Å². The van der Waals surface area contributed by atoms with Gasteiger partial charge in [0.05, 0.1) is 0 Å². The molecule has 0 saturated heterocycles. The summed E-state index contributed by atoms with van der Waals surface area (Å²) in [7, 11) is -2.70. The summed E-state index contributed by atoms with van der Waals surface area (Å²) in [5.41, 5.74) is 0.873. The molecule has 0 heterocycles. The van der Waals surface area contributed by atoms with E-state index in [1.165, 1.54) is 18.2 Å². The fourth-order valence-corrected chi connectivity index (χ4v) is 2.08. The molecular formula is C13H9ClNO3P. The largest absolute Gasteiger partial charge is 0.591 e. The Morgan fingerprint density at radius 2 is 1.84 bits per heavy atom. The first-order valence-electron chi connectivity index (χ1n) is 5.37. The van der Waals surface area contributed by atoms with Crippen LogP contribution in [0.5, 0.6) is 0 Å². The minimum atomic E-state index is -2.70. The molecule has 1 N–H and O–H groups in total. The highest BCUT2D eigenvalue weighted by Crippen LogP contribution is 2.15. The molecule has 4 nitrogen and oxygen atoms in total. The molecule has 0 aliphatic heterocycles. The highest BCUT2D eigenvalue weighted by molar-refractivity contribution is 7.45. The summed E-state index contributed by atoms with van der Waals surface area (Å²) in [5, 5.41) is 3.34. The molecule has 1 unspecified atom stereocenters. The zero-order valence-corrected chi connectivity index (χ0v) is 11.3. The Hall–Kier alpha value is -1.74. The maximum atomic E-state index is 11.9. The average molecular weight is 294 g/mol. The number of carbonyl (C=O) groups excluding carboxylic acids is 1. The maximum absolute atomic E-state index is 11.9. The van der Waals surface area contributed by atoms with Crippen LogP contribution in [0.2, 0.25) is 5.02 Å². The van der Waals surface area contributed by atoms with Crippen LogP contribution >= 0.6 is 19.6 Å². The summed E-state index contributed by atoms with van der Waals surface area (Å²) in [6, 6.07) is 12.5. The SMILES string of the molecule is O=C(Nc1ccc(Cl)cc1)c1cccc([P+](=O)[O-])c1. The van der Waals surface area contributed by atoms with Crippen LogP contribution in [0.15, 0.2) is 48.5 Å². The minimum absolute atomic E-state index is 0.110. The summed E-state index contributed by atoms with van der Waals surface area (Å²) in [4.78, 5) is 22.8. The Labute approximate surface area is 115 Å². The zero-order valence-electron chi connectivity index (χ0n) is 9.67. The summed E-state index contributed by atoms with van der Waals surface area (Å²) < 4.78 is 10.9. The quantitative estimate of drug-likeness (QED) is 0.883. The number of halogens is 1. The topological polar surface area (TPSA) is 69.2 Å². The van der Waals surface area contributed by atoms with E-state index in [0.717, 1.165) is 0 Å². The predicted molar refractivity (Wildman–Crippen MR) is 73.1 cm³/mol. The van der Waals surface area contributed by atoms with Gasteiger partial charge in [0, 0.05) is 22.3 Å². The van der Waals surface area contributed by atoms with Crippen molar-refractivity contribution < 1.29 is 14.3 Å². The van der Waals surface area contributed by atoms with Gasteiger partial charge in [-0.05, 0) is 36.4 Å². The first-order valence-corrected chi connectivity index (χ1v) is 6.93. The van der Waals surface area contributed by atoms with Crippen molar-refractivity contribution in [1.82, 2.24) is 0 Å². The van der Waals surface area contributed by atoms with Gasteiger partial charge in [-0.2, -0.15) is 0 Å². The second-order valence-corrected chi connectivity index (χ2v) is 5.24. The van der Waals surface area contributed by atoms with Crippen LogP contribution in [0.4, 0.5) is 5.69 Å². The lowest BCUT2D eigenvalue weighted by Gasteiger charge is -2.05. The highest BCUT2D eigenvalue weighted by atomic mass is 35.5. The molecule has 0 fully saturated rings. The van der Waals surface area contributed by atoms with Crippen LogP contribution in [-0.4, -0.2) is 5.91 Å². The van der Waals surface area contributed by atoms with E-state index in [1.54, 1.807) is 30.3 Å². The van der Waals surface area contributed by atoms with Crippen molar-refractivity contribution in [3.63, 3.8) is 0 Å². The second kappa shape index (κ2) is 5.93. The number of nitrogens with one attached hydrogen (secondary N) is 1. The minimum Gasteiger partial charge on any atom is -0.591 e. The number of hydrogen-bond donors (Lipinski definition) is 1. The molecule has 0 bridgehead atoms. The number of rotatable bonds is 3. The van der Waals surface area contributed by atoms with Crippen molar-refractivity contribution in [3.8, 4) is 0 Å². The van der Waals surface area contributed by atoms with Crippen LogP contribution < -0.4 is 15.5 Å². The molecule has 0 aliphatic rings. The summed E-state index contributed by atoms with van der Waals surface area (Å²) in [5.74, 6) is -0.374. The van der Waals surface area contributed by atoms with E-state index in [0.29, 0.717) is 10.7 Å². The van der Waals surface area contributed by atoms with Crippen molar-refractivity contribution in [2.45, 2.75) is 0 Å². The second-order valence-electron chi connectivity index (χ2n) is 3.77. The van der Waals surface area contributed by atoms with Crippen molar-refractivity contribution >= 4 is 36.5 Å². The Kier molecular flexibility index (Phi) is 4.27. The van der Waals surface area contributed by atoms with E-state index >= 15 is 0 Å². The fraction of sp³-hybridized carbons (Fsp3) is 0. The first-order chi connectivity index (χ1) is 9.06. The van der Waals surface area contributed by atoms with Crippen LogP contribution in [0.25, 0.3) is 0 Å². The molecule has 2 aromatic carbocycles. The summed E-state index contributed by atoms with van der Waals surface area (Å²) in [6.45, 7) is 0. The van der Waals surface area contributed by atoms with Crippen LogP contribution in [-0.2, 0) is 4.57 Å². The van der Waals surface area contributed by atoms with Gasteiger partial charge in [0.2, 0.25) is 0 Å². The van der Waals surface area contributed by atoms with Crippen molar-refractivity contribution in [2.24, 2.45) is 0 Å². The Morgan fingerprint density at radius 3 is 2.47 bits per heavy atom. The number of carbonyl (C=O) groups is 1. The van der Waals surface area contributed by atoms with E-state index in [9.17, 15) is 14.3 Å². The lowest BCUT2D eigenvalue weighted by molar-refractivity contribution is -0.160. The molecule has 0 saturated carbocycles. The Balaban J connectivity index is 2.18. The van der Waals surface area contributed by atoms with Gasteiger partial charge in [-0.3, -0.25) is 4.79 Å². The molecule has 0 spiro atoms. The number of hydrogen-bond acceptors (Lipinski definition) is 3. The molecule has 1 amide bonds. The molecule has 6 heteroatoms. The van der Waals surface area contributed by atoms with Crippen molar-refractivity contribution in [2.75, 3.05) is 5.32 Å². The number of benzene rings is 2. The Bertz CT molecular complexity index is 628. The van der Waals surface area contributed by atoms with Gasteiger partial charge in [-0.25, -0.2) is 0 Å². The number of amides is 1. The third kappa shape index (κ3) is 3.61. The standard InChI is InChI=1S/C13H9ClNO3P/c14-10-4-6-11(7-5-10)15-13(16)9-2-1-3-12(8-9)19(17)18/h1-8H,(H,15,16). The van der Waals surface area contributed by atoms with Gasteiger partial charge in [-0.1, -0.05) is 22.2 Å². The smallest absolute Gasteiger partial charge is 0.348 e. The van der Waals surface area contributed by atoms with E-state index in [1.807, 2.05) is 0 Å². The first kappa shape index (κ1) is 13.7. The van der Waals surface area contributed by atoms with Crippen molar-refractivity contribution in [3.05, 3.63) is 59.1 Å². The molecule has 2 rings (SSSR count). The summed E-state index contributed by atoms with van der Waals surface area (Å²) >= 11 is 5.74. The molecule has 1 atom stereocenters. The van der Waals surface area contributed by atoms with E-state index in [-0.39, 0.29) is 16.8 Å². The lowest BCUT2D eigenvalue weighted by Crippen LogP contribution is -2.14. The van der Waals surface area contributed by atoms with Gasteiger partial charge >= 0.3 is 8.03 Å². The molecular weight excluding hydrogens is 285 g/mol. The molecule has 0 aromatic heterocycles. The Morgan fingerprint density at radius 1 is 1.16 bits per heavy atom. The lowest BCUT2D eigenvalue weighted by atomic mass is 10.2. The molecule has 0 radical (unpaired) electrons. The zero-order chi connectivity index (χ0) is 13.8. The number of anilines is 1. The normalized spacial score (nSPS) is 10.9. The monoisotopic (exact) mass is 293 g/mol. The predicted octanol–water partition coefficient (Wildman–Crippen LogP) is 2.32. The van der Waals surface area contributed by atoms with Gasteiger partial charge in [0.1, 0.15) is 0 Å².